The van der Waals surface area contributed by atoms with E-state index >= 15 is 0 Å². The largest absolute Gasteiger partial charge is 0.350 e. The molecule has 110 valence electrons. The molecule has 0 saturated carbocycles. The molecule has 0 unspecified atom stereocenters. The fourth-order valence-corrected chi connectivity index (χ4v) is 1.66. The lowest BCUT2D eigenvalue weighted by molar-refractivity contribution is -0.127. The molecule has 0 saturated heterocycles. The molecule has 0 bridgehead atoms. The summed E-state index contributed by atoms with van der Waals surface area (Å²) in [6, 6.07) is 8.18. The summed E-state index contributed by atoms with van der Waals surface area (Å²) in [5.41, 5.74) is 2.34. The van der Waals surface area contributed by atoms with Crippen molar-refractivity contribution >= 4 is 11.8 Å². The summed E-state index contributed by atoms with van der Waals surface area (Å²) >= 11 is 0. The van der Waals surface area contributed by atoms with Crippen molar-refractivity contribution in [3.8, 4) is 0 Å². The Morgan fingerprint density at radius 2 is 1.60 bits per heavy atom. The van der Waals surface area contributed by atoms with Gasteiger partial charge in [-0.15, -0.1) is 0 Å². The van der Waals surface area contributed by atoms with Gasteiger partial charge in [-0.1, -0.05) is 52.0 Å². The second-order valence-electron chi connectivity index (χ2n) is 5.55. The van der Waals surface area contributed by atoms with E-state index < -0.39 is 0 Å². The normalized spacial score (nSPS) is 10.7. The van der Waals surface area contributed by atoms with Crippen molar-refractivity contribution in [1.82, 2.24) is 10.6 Å². The summed E-state index contributed by atoms with van der Waals surface area (Å²) in [5, 5.41) is 5.38. The highest BCUT2D eigenvalue weighted by Gasteiger charge is 2.08. The molecule has 0 heterocycles. The van der Waals surface area contributed by atoms with Crippen LogP contribution in [0.25, 0.3) is 0 Å². The average molecular weight is 276 g/mol. The van der Waals surface area contributed by atoms with Crippen molar-refractivity contribution in [2.75, 3.05) is 6.54 Å². The van der Waals surface area contributed by atoms with E-state index in [0.29, 0.717) is 12.5 Å². The second kappa shape index (κ2) is 7.68. The lowest BCUT2D eigenvalue weighted by Gasteiger charge is -2.10. The molecule has 0 spiro atoms. The molecule has 0 aromatic heterocycles. The first-order chi connectivity index (χ1) is 9.40. The Balaban J connectivity index is 2.35. The zero-order chi connectivity index (χ0) is 15.1. The summed E-state index contributed by atoms with van der Waals surface area (Å²) in [5.74, 6) is 0.115. The molecular weight excluding hydrogens is 252 g/mol. The van der Waals surface area contributed by atoms with Gasteiger partial charge in [-0.25, -0.2) is 0 Å². The third-order valence-corrected chi connectivity index (χ3v) is 3.08. The van der Waals surface area contributed by atoms with E-state index in [9.17, 15) is 9.59 Å². The summed E-state index contributed by atoms with van der Waals surface area (Å²) in [7, 11) is 0. The number of nitrogens with one attached hydrogen (secondary N) is 2. The molecule has 0 aliphatic rings. The summed E-state index contributed by atoms with van der Waals surface area (Å²) in [6.45, 7) is 8.39. The third-order valence-electron chi connectivity index (χ3n) is 3.08. The summed E-state index contributed by atoms with van der Waals surface area (Å²) in [4.78, 5) is 22.9. The van der Waals surface area contributed by atoms with Crippen molar-refractivity contribution in [2.45, 2.75) is 40.2 Å². The van der Waals surface area contributed by atoms with Gasteiger partial charge in [0.05, 0.1) is 6.54 Å². The van der Waals surface area contributed by atoms with Crippen LogP contribution in [0.3, 0.4) is 0 Å². The third kappa shape index (κ3) is 5.43. The lowest BCUT2D eigenvalue weighted by Crippen LogP contribution is -2.38. The van der Waals surface area contributed by atoms with Crippen molar-refractivity contribution in [3.05, 3.63) is 35.4 Å². The van der Waals surface area contributed by atoms with Crippen molar-refractivity contribution in [2.24, 2.45) is 5.92 Å². The number of carbonyl (C=O) groups excluding carboxylic acids is 2. The minimum absolute atomic E-state index is 0.0289. The maximum absolute atomic E-state index is 11.6. The van der Waals surface area contributed by atoms with Gasteiger partial charge in [0.2, 0.25) is 11.8 Å². The predicted octanol–water partition coefficient (Wildman–Crippen LogP) is 2.20. The van der Waals surface area contributed by atoms with Crippen LogP contribution in [0.15, 0.2) is 24.3 Å². The highest BCUT2D eigenvalue weighted by Crippen LogP contribution is 2.14. The summed E-state index contributed by atoms with van der Waals surface area (Å²) in [6.07, 6.45) is 0. The first-order valence-corrected chi connectivity index (χ1v) is 7.03. The number of benzene rings is 1. The van der Waals surface area contributed by atoms with Gasteiger partial charge in [-0.3, -0.25) is 9.59 Å². The molecule has 0 radical (unpaired) electrons. The average Bonchev–Trinajstić information content (AvgIpc) is 2.42. The fourth-order valence-electron chi connectivity index (χ4n) is 1.66. The van der Waals surface area contributed by atoms with E-state index in [1.807, 2.05) is 12.1 Å². The van der Waals surface area contributed by atoms with Crippen LogP contribution in [0.5, 0.6) is 0 Å². The van der Waals surface area contributed by atoms with E-state index in [4.69, 9.17) is 0 Å². The van der Waals surface area contributed by atoms with Crippen molar-refractivity contribution in [3.63, 3.8) is 0 Å². The van der Waals surface area contributed by atoms with Crippen LogP contribution in [0.4, 0.5) is 0 Å². The van der Waals surface area contributed by atoms with Crippen LogP contribution in [0.2, 0.25) is 0 Å². The van der Waals surface area contributed by atoms with Crippen LogP contribution in [0, 0.1) is 5.92 Å². The van der Waals surface area contributed by atoms with Gasteiger partial charge in [-0.2, -0.15) is 0 Å². The van der Waals surface area contributed by atoms with Gasteiger partial charge in [0.1, 0.15) is 0 Å². The van der Waals surface area contributed by atoms with Crippen LogP contribution >= 0.6 is 0 Å². The Morgan fingerprint density at radius 3 is 2.10 bits per heavy atom. The Kier molecular flexibility index (Phi) is 6.22. The summed E-state index contributed by atoms with van der Waals surface area (Å²) < 4.78 is 0. The molecule has 0 atom stereocenters. The Bertz CT molecular complexity index is 450. The molecule has 4 nitrogen and oxygen atoms in total. The predicted molar refractivity (Wildman–Crippen MR) is 80.2 cm³/mol. The van der Waals surface area contributed by atoms with Crippen molar-refractivity contribution < 1.29 is 9.59 Å². The minimum Gasteiger partial charge on any atom is -0.350 e. The van der Waals surface area contributed by atoms with Crippen LogP contribution in [0.1, 0.15) is 44.7 Å². The van der Waals surface area contributed by atoms with Gasteiger partial charge >= 0.3 is 0 Å². The highest BCUT2D eigenvalue weighted by atomic mass is 16.2. The highest BCUT2D eigenvalue weighted by molar-refractivity contribution is 5.85. The van der Waals surface area contributed by atoms with Gasteiger partial charge in [0.15, 0.2) is 0 Å². The molecule has 1 aromatic carbocycles. The molecule has 1 aromatic rings. The first kappa shape index (κ1) is 16.2. The topological polar surface area (TPSA) is 58.2 Å². The standard InChI is InChI=1S/C16H24N2O2/c1-11(2)14-7-5-13(6-8-14)9-17-15(19)10-18-16(20)12(3)4/h5-8,11-12H,9-10H2,1-4H3,(H,17,19)(H,18,20). The van der Waals surface area contributed by atoms with Gasteiger partial charge in [-0.05, 0) is 17.0 Å². The van der Waals surface area contributed by atoms with E-state index in [1.54, 1.807) is 13.8 Å². The van der Waals surface area contributed by atoms with Crippen LogP contribution in [-0.2, 0) is 16.1 Å². The SMILES string of the molecule is CC(C)C(=O)NCC(=O)NCc1ccc(C(C)C)cc1. The fraction of sp³-hybridized carbons (Fsp3) is 0.500. The van der Waals surface area contributed by atoms with E-state index in [-0.39, 0.29) is 24.3 Å². The lowest BCUT2D eigenvalue weighted by atomic mass is 10.0. The quantitative estimate of drug-likeness (QED) is 0.837. The van der Waals surface area contributed by atoms with Crippen molar-refractivity contribution in [1.29, 1.82) is 0 Å². The molecular formula is C16H24N2O2. The molecule has 2 N–H and O–H groups in total. The maximum atomic E-state index is 11.6. The van der Waals surface area contributed by atoms with Gasteiger partial charge in [0, 0.05) is 12.5 Å². The molecule has 0 aliphatic carbocycles. The minimum atomic E-state index is -0.174. The smallest absolute Gasteiger partial charge is 0.239 e. The van der Waals surface area contributed by atoms with E-state index in [0.717, 1.165) is 5.56 Å². The first-order valence-electron chi connectivity index (χ1n) is 7.03. The van der Waals surface area contributed by atoms with Gasteiger partial charge in [0.25, 0.3) is 0 Å². The maximum Gasteiger partial charge on any atom is 0.239 e. The molecule has 4 heteroatoms. The number of carbonyl (C=O) groups is 2. The Labute approximate surface area is 121 Å². The molecule has 1 rings (SSSR count). The molecule has 2 amide bonds. The van der Waals surface area contributed by atoms with Crippen LogP contribution < -0.4 is 10.6 Å². The molecule has 0 aliphatic heterocycles. The van der Waals surface area contributed by atoms with Gasteiger partial charge < -0.3 is 10.6 Å². The monoisotopic (exact) mass is 276 g/mol. The number of hydrogen-bond acceptors (Lipinski definition) is 2. The number of hydrogen-bond donors (Lipinski definition) is 2. The molecule has 20 heavy (non-hydrogen) atoms. The second-order valence-corrected chi connectivity index (χ2v) is 5.55. The Hall–Kier alpha value is -1.84. The van der Waals surface area contributed by atoms with E-state index in [2.05, 4.69) is 36.6 Å². The number of amides is 2. The zero-order valence-electron chi connectivity index (χ0n) is 12.7. The zero-order valence-corrected chi connectivity index (χ0v) is 12.7. The van der Waals surface area contributed by atoms with Crippen LogP contribution in [-0.4, -0.2) is 18.4 Å². The Morgan fingerprint density at radius 1 is 1.00 bits per heavy atom. The number of rotatable bonds is 6. The molecule has 0 fully saturated rings. The van der Waals surface area contributed by atoms with E-state index in [1.165, 1.54) is 5.56 Å².